The number of aliphatic carboxylic acids is 1. The second-order valence-corrected chi connectivity index (χ2v) is 5.54. The minimum absolute atomic E-state index is 0.00578. The largest absolute Gasteiger partial charge is 0.480 e. The van der Waals surface area contributed by atoms with Crippen LogP contribution in [-0.2, 0) is 14.5 Å². The van der Waals surface area contributed by atoms with E-state index < -0.39 is 34.9 Å². The van der Waals surface area contributed by atoms with E-state index >= 15 is 0 Å². The summed E-state index contributed by atoms with van der Waals surface area (Å²) >= 11 is 0. The van der Waals surface area contributed by atoms with Crippen LogP contribution in [0, 0.1) is 20.2 Å². The van der Waals surface area contributed by atoms with Gasteiger partial charge in [-0.25, -0.2) is 0 Å². The number of hydrogen-bond acceptors (Lipinski definition) is 10. The smallest absolute Gasteiger partial charge is 0.321 e. The van der Waals surface area contributed by atoms with Gasteiger partial charge in [-0.1, -0.05) is 21.6 Å². The van der Waals surface area contributed by atoms with Crippen LogP contribution in [0.15, 0.2) is 0 Å². The highest BCUT2D eigenvalue weighted by Crippen LogP contribution is 2.23. The summed E-state index contributed by atoms with van der Waals surface area (Å²) in [5.41, 5.74) is 5.23. The van der Waals surface area contributed by atoms with E-state index in [9.17, 15) is 25.0 Å². The monoisotopic (exact) mass is 317 g/mol. The summed E-state index contributed by atoms with van der Waals surface area (Å²) in [4.78, 5) is 38.6. The third-order valence-electron chi connectivity index (χ3n) is 1.50. The molecule has 0 saturated heterocycles. The van der Waals surface area contributed by atoms with Crippen molar-refractivity contribution in [3.8, 4) is 0 Å². The van der Waals surface area contributed by atoms with E-state index in [1.165, 1.54) is 0 Å². The standard InChI is InChI=1S/C6H11N3O8S2/c7-5(6(10)11)3-19-18-2-4(17-9(14)15)1-16-8(12)13/h4-5H,1-3,7H2,(H,10,11). The number of hydrogen-bond donors (Lipinski definition) is 2. The van der Waals surface area contributed by atoms with Gasteiger partial charge in [0, 0.05) is 11.5 Å². The molecule has 0 fully saturated rings. The molecule has 0 rings (SSSR count). The minimum Gasteiger partial charge on any atom is -0.480 e. The summed E-state index contributed by atoms with van der Waals surface area (Å²) in [5.74, 6) is -1.07. The lowest BCUT2D eigenvalue weighted by molar-refractivity contribution is -0.788. The van der Waals surface area contributed by atoms with Crippen molar-refractivity contribution in [1.29, 1.82) is 0 Å². The molecule has 13 heteroatoms. The van der Waals surface area contributed by atoms with Gasteiger partial charge in [0.15, 0.2) is 0 Å². The maximum absolute atomic E-state index is 10.4. The minimum atomic E-state index is -1.16. The van der Waals surface area contributed by atoms with Gasteiger partial charge in [-0.3, -0.25) is 4.79 Å². The number of carboxylic acid groups (broad SMARTS) is 1. The average Bonchev–Trinajstić information content (AvgIpc) is 2.29. The first-order valence-corrected chi connectivity index (χ1v) is 7.13. The number of nitrogens with zero attached hydrogens (tertiary/aromatic N) is 2. The molecular formula is C6H11N3O8S2. The maximum atomic E-state index is 10.4. The molecule has 0 aliphatic carbocycles. The summed E-state index contributed by atoms with van der Waals surface area (Å²) in [7, 11) is 2.10. The van der Waals surface area contributed by atoms with Crippen molar-refractivity contribution in [2.24, 2.45) is 5.73 Å². The van der Waals surface area contributed by atoms with Crippen LogP contribution in [0.25, 0.3) is 0 Å². The Balaban J connectivity index is 3.94. The molecule has 0 radical (unpaired) electrons. The van der Waals surface area contributed by atoms with Gasteiger partial charge in [0.05, 0.1) is 0 Å². The van der Waals surface area contributed by atoms with Gasteiger partial charge in [0.2, 0.25) is 0 Å². The molecule has 19 heavy (non-hydrogen) atoms. The zero-order chi connectivity index (χ0) is 14.8. The Hall–Kier alpha value is -1.47. The SMILES string of the molecule is NC(CSSCC(CO[N+](=O)[O-])O[N+](=O)[O-])C(=O)O. The average molecular weight is 317 g/mol. The van der Waals surface area contributed by atoms with Crippen molar-refractivity contribution < 1.29 is 29.7 Å². The predicted molar refractivity (Wildman–Crippen MR) is 65.3 cm³/mol. The Morgan fingerprint density at radius 2 is 1.84 bits per heavy atom. The Kier molecular flexibility index (Phi) is 8.73. The summed E-state index contributed by atoms with van der Waals surface area (Å²) in [6, 6.07) is -1.05. The molecule has 0 aromatic heterocycles. The summed E-state index contributed by atoms with van der Waals surface area (Å²) in [6.45, 7) is -0.591. The van der Waals surface area contributed by atoms with E-state index in [0.717, 1.165) is 21.6 Å². The van der Waals surface area contributed by atoms with Crippen molar-refractivity contribution in [2.75, 3.05) is 18.1 Å². The molecule has 0 aliphatic heterocycles. The van der Waals surface area contributed by atoms with Crippen LogP contribution in [0.1, 0.15) is 0 Å². The number of carbonyl (C=O) groups is 1. The van der Waals surface area contributed by atoms with Crippen LogP contribution in [0.4, 0.5) is 0 Å². The number of rotatable bonds is 11. The van der Waals surface area contributed by atoms with E-state index in [2.05, 4.69) is 9.68 Å². The highest BCUT2D eigenvalue weighted by molar-refractivity contribution is 8.76. The quantitative estimate of drug-likeness (QED) is 0.219. The molecule has 0 aliphatic rings. The zero-order valence-corrected chi connectivity index (χ0v) is 11.0. The highest BCUT2D eigenvalue weighted by Gasteiger charge is 2.17. The van der Waals surface area contributed by atoms with Crippen molar-refractivity contribution in [1.82, 2.24) is 0 Å². The lowest BCUT2D eigenvalue weighted by atomic mass is 10.4. The summed E-state index contributed by atoms with van der Waals surface area (Å²) in [6.07, 6.45) is -1.13. The topological polar surface area (TPSA) is 168 Å². The van der Waals surface area contributed by atoms with Crippen LogP contribution in [0.5, 0.6) is 0 Å². The highest BCUT2D eigenvalue weighted by atomic mass is 33.1. The zero-order valence-electron chi connectivity index (χ0n) is 9.37. The molecule has 0 bridgehead atoms. The Morgan fingerprint density at radius 3 is 2.32 bits per heavy atom. The van der Waals surface area contributed by atoms with Gasteiger partial charge < -0.3 is 20.5 Å². The maximum Gasteiger partial charge on any atom is 0.321 e. The summed E-state index contributed by atoms with van der Waals surface area (Å²) < 4.78 is 0. The molecule has 0 heterocycles. The number of nitrogens with two attached hydrogens (primary N) is 1. The Labute approximate surface area is 114 Å². The molecule has 2 unspecified atom stereocenters. The Bertz CT molecular complexity index is 330. The molecule has 2 atom stereocenters. The van der Waals surface area contributed by atoms with Gasteiger partial charge in [-0.15, -0.1) is 20.2 Å². The molecule has 0 aromatic carbocycles. The van der Waals surface area contributed by atoms with Crippen molar-refractivity contribution >= 4 is 27.6 Å². The van der Waals surface area contributed by atoms with Gasteiger partial charge in [0.25, 0.3) is 10.2 Å². The van der Waals surface area contributed by atoms with Gasteiger partial charge in [-0.05, 0) is 0 Å². The van der Waals surface area contributed by atoms with Crippen molar-refractivity contribution in [3.05, 3.63) is 20.2 Å². The normalized spacial score (nSPS) is 13.3. The van der Waals surface area contributed by atoms with Crippen LogP contribution < -0.4 is 5.73 Å². The fraction of sp³-hybridized carbons (Fsp3) is 0.833. The van der Waals surface area contributed by atoms with E-state index in [0.29, 0.717) is 0 Å². The molecule has 3 N–H and O–H groups in total. The van der Waals surface area contributed by atoms with E-state index in [1.54, 1.807) is 0 Å². The van der Waals surface area contributed by atoms with Gasteiger partial charge >= 0.3 is 5.97 Å². The van der Waals surface area contributed by atoms with Crippen molar-refractivity contribution in [3.63, 3.8) is 0 Å². The fourth-order valence-electron chi connectivity index (χ4n) is 0.691. The van der Waals surface area contributed by atoms with Gasteiger partial charge in [-0.2, -0.15) is 0 Å². The lowest BCUT2D eigenvalue weighted by Gasteiger charge is -2.13. The van der Waals surface area contributed by atoms with Gasteiger partial charge in [0.1, 0.15) is 18.8 Å². The van der Waals surface area contributed by atoms with Crippen LogP contribution in [0.3, 0.4) is 0 Å². The third-order valence-corrected chi connectivity index (χ3v) is 3.99. The summed E-state index contributed by atoms with van der Waals surface area (Å²) in [5, 5.41) is 26.4. The molecule has 0 amide bonds. The lowest BCUT2D eigenvalue weighted by Crippen LogP contribution is -2.32. The molecule has 0 aromatic rings. The van der Waals surface area contributed by atoms with E-state index in [1.807, 2.05) is 0 Å². The van der Waals surface area contributed by atoms with E-state index in [-0.39, 0.29) is 11.5 Å². The molecule has 110 valence electrons. The van der Waals surface area contributed by atoms with Crippen LogP contribution >= 0.6 is 21.6 Å². The third kappa shape index (κ3) is 10.2. The number of carboxylic acids is 1. The predicted octanol–water partition coefficient (Wildman–Crippen LogP) is -0.435. The second-order valence-electron chi connectivity index (χ2n) is 2.98. The first-order chi connectivity index (χ1) is 8.82. The van der Waals surface area contributed by atoms with Crippen LogP contribution in [0.2, 0.25) is 0 Å². The van der Waals surface area contributed by atoms with Crippen molar-refractivity contribution in [2.45, 2.75) is 12.1 Å². The molecule has 0 spiro atoms. The molecule has 0 saturated carbocycles. The first kappa shape index (κ1) is 17.5. The molecule has 11 nitrogen and oxygen atoms in total. The second kappa shape index (κ2) is 9.46. The first-order valence-electron chi connectivity index (χ1n) is 4.64. The Morgan fingerprint density at radius 1 is 1.26 bits per heavy atom. The fourth-order valence-corrected chi connectivity index (χ4v) is 2.95. The van der Waals surface area contributed by atoms with Crippen LogP contribution in [-0.4, -0.2) is 51.5 Å². The van der Waals surface area contributed by atoms with E-state index in [4.69, 9.17) is 10.8 Å². The molecular weight excluding hydrogens is 306 g/mol.